The Kier molecular flexibility index (Phi) is 8.26. The van der Waals surface area contributed by atoms with Gasteiger partial charge in [-0.3, -0.25) is 24.5 Å². The number of unbranched alkanes of at least 4 members (excludes halogenated alkanes) is 1. The number of rotatable bonds is 10. The lowest BCUT2D eigenvalue weighted by Crippen LogP contribution is -2.26. The highest BCUT2D eigenvalue weighted by Gasteiger charge is 2.38. The van der Waals surface area contributed by atoms with Gasteiger partial charge in [0.05, 0.1) is 19.0 Å². The average molecular weight is 489 g/mol. The number of amides is 1. The third-order valence-electron chi connectivity index (χ3n) is 4.87. The second kappa shape index (κ2) is 10.6. The zero-order chi connectivity index (χ0) is 23.5. The molecule has 3 heterocycles. The van der Waals surface area contributed by atoms with Gasteiger partial charge in [-0.1, -0.05) is 27.2 Å². The first-order valence-corrected chi connectivity index (χ1v) is 12.9. The summed E-state index contributed by atoms with van der Waals surface area (Å²) in [5, 5.41) is 13.0. The minimum Gasteiger partial charge on any atom is -0.459 e. The smallest absolute Gasteiger partial charge is 0.286 e. The monoisotopic (exact) mass is 489 g/mol. The maximum absolute atomic E-state index is 12.3. The van der Waals surface area contributed by atoms with Crippen molar-refractivity contribution in [1.29, 1.82) is 0 Å². The maximum Gasteiger partial charge on any atom is 0.286 e. The Morgan fingerprint density at radius 3 is 2.94 bits per heavy atom. The van der Waals surface area contributed by atoms with Crippen molar-refractivity contribution in [1.82, 2.24) is 19.5 Å². The molecular weight excluding hydrogens is 461 g/mol. The number of aliphatic hydroxyl groups excluding tert-OH is 1. The minimum atomic E-state index is -3.43. The van der Waals surface area contributed by atoms with Crippen molar-refractivity contribution in [2.45, 2.75) is 58.5 Å². The average Bonchev–Trinajstić information content (AvgIpc) is 3.30. The lowest BCUT2D eigenvalue weighted by Gasteiger charge is -2.23. The zero-order valence-corrected chi connectivity index (χ0v) is 19.8. The molecule has 4 N–H and O–H groups in total. The van der Waals surface area contributed by atoms with Crippen LogP contribution in [-0.4, -0.2) is 60.8 Å². The molecule has 0 aromatic carbocycles. The van der Waals surface area contributed by atoms with E-state index in [-0.39, 0.29) is 48.6 Å². The summed E-state index contributed by atoms with van der Waals surface area (Å²) in [4.78, 5) is 45.2. The number of nitrogens with zero attached hydrogens (tertiary/aromatic N) is 3. The first-order chi connectivity index (χ1) is 15.1. The Bertz CT molecular complexity index is 998. The van der Waals surface area contributed by atoms with Crippen molar-refractivity contribution >= 4 is 42.4 Å². The third kappa shape index (κ3) is 6.04. The Morgan fingerprint density at radius 1 is 1.50 bits per heavy atom. The standard InChI is InChI=1S/C18H28N5O7PS/c1-4-5-6-28-31(27,32)29-8-12-11(24)7-13(30-12)23-9-19-14-15(23)20-18(22-17(14)26)21-16(25)10(2)3/h9-13,24H,4-8H2,1-3H3,(H,27,32)(H2,20,21,22,25,26)/t11-,12+,13+,31?/m0/s1. The summed E-state index contributed by atoms with van der Waals surface area (Å²) in [5.74, 6) is -0.609. The molecule has 0 saturated carbocycles. The van der Waals surface area contributed by atoms with Gasteiger partial charge in [0.2, 0.25) is 11.9 Å². The molecule has 2 aromatic heterocycles. The number of fused-ring (bicyclic) bond motifs is 1. The number of carbonyl (C=O) groups excluding carboxylic acids is 1. The molecular formula is C18H28N5O7PS. The molecule has 32 heavy (non-hydrogen) atoms. The quantitative estimate of drug-likeness (QED) is 0.218. The van der Waals surface area contributed by atoms with Crippen LogP contribution in [0.4, 0.5) is 5.95 Å². The predicted molar refractivity (Wildman–Crippen MR) is 119 cm³/mol. The molecule has 178 valence electrons. The van der Waals surface area contributed by atoms with E-state index in [0.29, 0.717) is 0 Å². The van der Waals surface area contributed by atoms with Gasteiger partial charge in [0, 0.05) is 12.3 Å². The first-order valence-electron chi connectivity index (χ1n) is 10.3. The number of ether oxygens (including phenoxy) is 1. The highest BCUT2D eigenvalue weighted by molar-refractivity contribution is 8.35. The van der Waals surface area contributed by atoms with Crippen molar-refractivity contribution in [2.75, 3.05) is 18.5 Å². The molecule has 1 fully saturated rings. The first kappa shape index (κ1) is 25.0. The van der Waals surface area contributed by atoms with E-state index in [9.17, 15) is 19.6 Å². The lowest BCUT2D eigenvalue weighted by molar-refractivity contribution is -0.118. The van der Waals surface area contributed by atoms with Gasteiger partial charge in [0.15, 0.2) is 11.2 Å². The summed E-state index contributed by atoms with van der Waals surface area (Å²) < 4.78 is 17.9. The van der Waals surface area contributed by atoms with E-state index in [1.165, 1.54) is 10.9 Å². The molecule has 4 atom stereocenters. The van der Waals surface area contributed by atoms with E-state index >= 15 is 0 Å². The summed E-state index contributed by atoms with van der Waals surface area (Å²) in [6.07, 6.45) is 0.809. The number of imidazole rings is 1. The number of hydrogen-bond donors (Lipinski definition) is 4. The van der Waals surface area contributed by atoms with E-state index in [1.54, 1.807) is 13.8 Å². The summed E-state index contributed by atoms with van der Waals surface area (Å²) in [7, 11) is -3.43. The fourth-order valence-electron chi connectivity index (χ4n) is 3.02. The Balaban J connectivity index is 1.71. The van der Waals surface area contributed by atoms with E-state index < -0.39 is 31.1 Å². The van der Waals surface area contributed by atoms with Gasteiger partial charge in [-0.15, -0.1) is 0 Å². The van der Waals surface area contributed by atoms with Gasteiger partial charge in [0.1, 0.15) is 18.9 Å². The fraction of sp³-hybridized carbons (Fsp3) is 0.667. The van der Waals surface area contributed by atoms with Crippen molar-refractivity contribution < 1.29 is 28.6 Å². The molecule has 0 spiro atoms. The SMILES string of the molecule is CCCCO[P+](O)([S-])OC[C@H]1O[C@@H](n2cnc3c(=O)[nH]c(NC(=O)C(C)C)nc32)C[C@@H]1O. The van der Waals surface area contributed by atoms with E-state index in [2.05, 4.69) is 20.3 Å². The zero-order valence-electron chi connectivity index (χ0n) is 18.1. The molecule has 1 amide bonds. The largest absolute Gasteiger partial charge is 0.459 e. The van der Waals surface area contributed by atoms with Crippen molar-refractivity contribution in [2.24, 2.45) is 5.92 Å². The predicted octanol–water partition coefficient (Wildman–Crippen LogP) is 1.41. The molecule has 0 radical (unpaired) electrons. The summed E-state index contributed by atoms with van der Waals surface area (Å²) in [5.41, 5.74) is -0.251. The fourth-order valence-corrected chi connectivity index (χ4v) is 4.20. The second-order valence-corrected chi connectivity index (χ2v) is 10.6. The highest BCUT2D eigenvalue weighted by atomic mass is 32.7. The number of hydrogen-bond acceptors (Lipinski definition) is 10. The number of carbonyl (C=O) groups is 1. The summed E-state index contributed by atoms with van der Waals surface area (Å²) in [6, 6.07) is 0. The number of nitrogens with one attached hydrogen (secondary N) is 2. The molecule has 0 bridgehead atoms. The molecule has 1 aliphatic heterocycles. The van der Waals surface area contributed by atoms with Gasteiger partial charge in [0.25, 0.3) is 12.7 Å². The number of aromatic amines is 1. The molecule has 3 rings (SSSR count). The molecule has 12 nitrogen and oxygen atoms in total. The van der Waals surface area contributed by atoms with Gasteiger partial charge in [-0.2, -0.15) is 14.0 Å². The third-order valence-corrected chi connectivity index (χ3v) is 6.48. The van der Waals surface area contributed by atoms with Crippen LogP contribution in [0.1, 0.15) is 46.3 Å². The highest BCUT2D eigenvalue weighted by Crippen LogP contribution is 2.55. The van der Waals surface area contributed by atoms with Gasteiger partial charge >= 0.3 is 0 Å². The lowest BCUT2D eigenvalue weighted by atomic mass is 10.2. The number of H-pyrrole nitrogens is 1. The van der Waals surface area contributed by atoms with Crippen molar-refractivity contribution in [3.8, 4) is 0 Å². The van der Waals surface area contributed by atoms with E-state index in [1.807, 2.05) is 6.92 Å². The summed E-state index contributed by atoms with van der Waals surface area (Å²) in [6.45, 7) is 5.55. The van der Waals surface area contributed by atoms with Crippen LogP contribution in [0.5, 0.6) is 0 Å². The molecule has 2 aromatic rings. The van der Waals surface area contributed by atoms with Crippen LogP contribution in [0.25, 0.3) is 11.2 Å². The Hall–Kier alpha value is -1.60. The maximum atomic E-state index is 12.3. The number of aromatic nitrogens is 4. The van der Waals surface area contributed by atoms with Crippen LogP contribution < -0.4 is 10.9 Å². The van der Waals surface area contributed by atoms with Crippen LogP contribution in [0.2, 0.25) is 0 Å². The van der Waals surface area contributed by atoms with Gasteiger partial charge in [-0.25, -0.2) is 9.88 Å². The molecule has 14 heteroatoms. The summed E-state index contributed by atoms with van der Waals surface area (Å²) >= 11 is 4.97. The number of aliphatic hydroxyl groups is 1. The van der Waals surface area contributed by atoms with Crippen LogP contribution in [0, 0.1) is 5.92 Å². The van der Waals surface area contributed by atoms with Crippen LogP contribution in [0.15, 0.2) is 11.1 Å². The molecule has 1 aliphatic rings. The van der Waals surface area contributed by atoms with Gasteiger partial charge < -0.3 is 22.1 Å². The van der Waals surface area contributed by atoms with Crippen LogP contribution in [0.3, 0.4) is 0 Å². The van der Waals surface area contributed by atoms with Crippen LogP contribution >= 0.6 is 7.15 Å². The topological polar surface area (TPSA) is 161 Å². The van der Waals surface area contributed by atoms with Crippen LogP contribution in [-0.2, 0) is 30.8 Å². The normalized spacial score (nSPS) is 23.0. The van der Waals surface area contributed by atoms with E-state index in [4.69, 9.17) is 26.0 Å². The molecule has 0 aliphatic carbocycles. The van der Waals surface area contributed by atoms with Crippen molar-refractivity contribution in [3.63, 3.8) is 0 Å². The Labute approximate surface area is 190 Å². The minimum absolute atomic E-state index is 0.00780. The second-order valence-electron chi connectivity index (χ2n) is 7.77. The van der Waals surface area contributed by atoms with Crippen molar-refractivity contribution in [3.05, 3.63) is 16.7 Å². The Morgan fingerprint density at radius 2 is 2.25 bits per heavy atom. The van der Waals surface area contributed by atoms with Gasteiger partial charge in [-0.05, 0) is 6.42 Å². The molecule has 1 unspecified atom stereocenters. The number of anilines is 1. The molecule has 1 saturated heterocycles. The van der Waals surface area contributed by atoms with E-state index in [0.717, 1.165) is 12.8 Å².